The van der Waals surface area contributed by atoms with E-state index in [1.165, 1.54) is 13.8 Å². The molecule has 9 nitrogen and oxygen atoms in total. The van der Waals surface area contributed by atoms with Gasteiger partial charge in [0.2, 0.25) is 5.91 Å². The van der Waals surface area contributed by atoms with Crippen LogP contribution in [-0.2, 0) is 23.9 Å². The van der Waals surface area contributed by atoms with Crippen LogP contribution in [-0.4, -0.2) is 42.9 Å². The zero-order chi connectivity index (χ0) is 21.9. The van der Waals surface area contributed by atoms with Gasteiger partial charge in [0.25, 0.3) is 11.8 Å². The lowest BCUT2D eigenvalue weighted by Gasteiger charge is -2.14. The van der Waals surface area contributed by atoms with E-state index in [2.05, 4.69) is 16.0 Å². The largest absolute Gasteiger partial charge is 0.484 e. The number of nitrogens with one attached hydrogen (secondary N) is 3. The number of hydrogen-bond acceptors (Lipinski definition) is 6. The van der Waals surface area contributed by atoms with Crippen molar-refractivity contribution in [3.63, 3.8) is 0 Å². The van der Waals surface area contributed by atoms with Gasteiger partial charge in [-0.05, 0) is 43.3 Å². The summed E-state index contributed by atoms with van der Waals surface area (Å²) < 4.78 is 10.3. The molecule has 0 saturated carbocycles. The maximum Gasteiger partial charge on any atom is 0.326 e. The SMILES string of the molecule is CC(=O)Nc1ccc(NC(=O)C(C)OC(=O)CNC(=O)COc2ccccc2)cc1. The van der Waals surface area contributed by atoms with Crippen molar-refractivity contribution in [2.75, 3.05) is 23.8 Å². The van der Waals surface area contributed by atoms with Gasteiger partial charge in [-0.25, -0.2) is 0 Å². The number of carbonyl (C=O) groups excluding carboxylic acids is 4. The fraction of sp³-hybridized carbons (Fsp3) is 0.238. The summed E-state index contributed by atoms with van der Waals surface area (Å²) in [7, 11) is 0. The van der Waals surface area contributed by atoms with Gasteiger partial charge in [0.15, 0.2) is 12.7 Å². The first-order chi connectivity index (χ1) is 14.3. The van der Waals surface area contributed by atoms with E-state index in [9.17, 15) is 19.2 Å². The molecule has 0 bridgehead atoms. The number of hydrogen-bond donors (Lipinski definition) is 3. The Kier molecular flexibility index (Phi) is 8.37. The maximum absolute atomic E-state index is 12.1. The summed E-state index contributed by atoms with van der Waals surface area (Å²) >= 11 is 0. The van der Waals surface area contributed by atoms with Crippen LogP contribution >= 0.6 is 0 Å². The van der Waals surface area contributed by atoms with Gasteiger partial charge in [-0.1, -0.05) is 18.2 Å². The predicted molar refractivity (Wildman–Crippen MR) is 110 cm³/mol. The van der Waals surface area contributed by atoms with Crippen molar-refractivity contribution in [1.29, 1.82) is 0 Å². The van der Waals surface area contributed by atoms with Crippen molar-refractivity contribution in [3.05, 3.63) is 54.6 Å². The van der Waals surface area contributed by atoms with E-state index in [1.54, 1.807) is 48.5 Å². The van der Waals surface area contributed by atoms with Crippen LogP contribution in [0.4, 0.5) is 11.4 Å². The van der Waals surface area contributed by atoms with Gasteiger partial charge in [-0.15, -0.1) is 0 Å². The van der Waals surface area contributed by atoms with Crippen molar-refractivity contribution in [1.82, 2.24) is 5.32 Å². The van der Waals surface area contributed by atoms with Crippen LogP contribution < -0.4 is 20.7 Å². The van der Waals surface area contributed by atoms with Crippen molar-refractivity contribution in [2.24, 2.45) is 0 Å². The molecule has 1 atom stereocenters. The van der Waals surface area contributed by atoms with Crippen LogP contribution in [0.3, 0.4) is 0 Å². The van der Waals surface area contributed by atoms with Crippen LogP contribution in [0.15, 0.2) is 54.6 Å². The zero-order valence-corrected chi connectivity index (χ0v) is 16.6. The quantitative estimate of drug-likeness (QED) is 0.538. The molecule has 0 aliphatic carbocycles. The van der Waals surface area contributed by atoms with Gasteiger partial charge in [-0.2, -0.15) is 0 Å². The standard InChI is InChI=1S/C21H23N3O6/c1-14(21(28)24-17-10-8-16(9-11-17)23-15(2)25)30-20(27)12-22-19(26)13-29-18-6-4-3-5-7-18/h3-11,14H,12-13H2,1-2H3,(H,22,26)(H,23,25)(H,24,28). The molecular formula is C21H23N3O6. The summed E-state index contributed by atoms with van der Waals surface area (Å²) in [6, 6.07) is 15.2. The molecule has 0 saturated heterocycles. The Morgan fingerprint density at radius 1 is 0.900 bits per heavy atom. The highest BCUT2D eigenvalue weighted by molar-refractivity contribution is 5.96. The third-order valence-electron chi connectivity index (χ3n) is 3.69. The first-order valence-corrected chi connectivity index (χ1v) is 9.16. The van der Waals surface area contributed by atoms with Crippen molar-refractivity contribution in [3.8, 4) is 5.75 Å². The van der Waals surface area contributed by atoms with Crippen LogP contribution in [0.5, 0.6) is 5.75 Å². The number of para-hydroxylation sites is 1. The van der Waals surface area contributed by atoms with E-state index in [-0.39, 0.29) is 19.1 Å². The highest BCUT2D eigenvalue weighted by Gasteiger charge is 2.18. The fourth-order valence-corrected chi connectivity index (χ4v) is 2.26. The summed E-state index contributed by atoms with van der Waals surface area (Å²) in [4.78, 5) is 46.7. The van der Waals surface area contributed by atoms with E-state index >= 15 is 0 Å². The van der Waals surface area contributed by atoms with Crippen LogP contribution in [0.25, 0.3) is 0 Å². The minimum absolute atomic E-state index is 0.203. The van der Waals surface area contributed by atoms with Crippen molar-refractivity contribution in [2.45, 2.75) is 20.0 Å². The summed E-state index contributed by atoms with van der Waals surface area (Å²) in [5, 5.41) is 7.57. The summed E-state index contributed by atoms with van der Waals surface area (Å²) in [6.07, 6.45) is -1.06. The molecule has 2 aromatic carbocycles. The Hall–Kier alpha value is -3.88. The molecule has 3 N–H and O–H groups in total. The molecule has 2 rings (SSSR count). The molecule has 0 aliphatic heterocycles. The first-order valence-electron chi connectivity index (χ1n) is 9.16. The average molecular weight is 413 g/mol. The molecule has 30 heavy (non-hydrogen) atoms. The number of amides is 3. The lowest BCUT2D eigenvalue weighted by molar-refractivity contribution is -0.152. The van der Waals surface area contributed by atoms with Gasteiger partial charge in [0, 0.05) is 18.3 Å². The lowest BCUT2D eigenvalue weighted by atomic mass is 10.2. The van der Waals surface area contributed by atoms with Crippen molar-refractivity contribution < 1.29 is 28.7 Å². The highest BCUT2D eigenvalue weighted by Crippen LogP contribution is 2.14. The lowest BCUT2D eigenvalue weighted by Crippen LogP contribution is -2.37. The molecule has 0 fully saturated rings. The molecule has 0 aromatic heterocycles. The van der Waals surface area contributed by atoms with E-state index < -0.39 is 23.9 Å². The Balaban J connectivity index is 1.70. The molecular weight excluding hydrogens is 390 g/mol. The van der Waals surface area contributed by atoms with E-state index in [4.69, 9.17) is 9.47 Å². The van der Waals surface area contributed by atoms with Gasteiger partial charge in [0.1, 0.15) is 12.3 Å². The minimum atomic E-state index is -1.06. The monoisotopic (exact) mass is 413 g/mol. The average Bonchev–Trinajstić information content (AvgIpc) is 2.72. The Morgan fingerprint density at radius 3 is 2.10 bits per heavy atom. The molecule has 9 heteroatoms. The molecule has 158 valence electrons. The number of anilines is 2. The number of benzene rings is 2. The molecule has 2 aromatic rings. The molecule has 3 amide bonds. The Labute approximate surface area is 173 Å². The fourth-order valence-electron chi connectivity index (χ4n) is 2.26. The van der Waals surface area contributed by atoms with E-state index in [1.807, 2.05) is 6.07 Å². The summed E-state index contributed by atoms with van der Waals surface area (Å²) in [5.41, 5.74) is 1.07. The second-order valence-corrected chi connectivity index (χ2v) is 6.26. The predicted octanol–water partition coefficient (Wildman–Crippen LogP) is 1.71. The highest BCUT2D eigenvalue weighted by atomic mass is 16.5. The third kappa shape index (κ3) is 8.01. The molecule has 0 heterocycles. The summed E-state index contributed by atoms with van der Waals surface area (Å²) in [5.74, 6) is -1.45. The second-order valence-electron chi connectivity index (χ2n) is 6.26. The number of rotatable bonds is 9. The van der Waals surface area contributed by atoms with Gasteiger partial charge in [0.05, 0.1) is 0 Å². The van der Waals surface area contributed by atoms with Crippen LogP contribution in [0, 0.1) is 0 Å². The second kappa shape index (κ2) is 11.2. The Morgan fingerprint density at radius 2 is 1.50 bits per heavy atom. The molecule has 0 spiro atoms. The maximum atomic E-state index is 12.1. The normalized spacial score (nSPS) is 11.0. The molecule has 1 unspecified atom stereocenters. The zero-order valence-electron chi connectivity index (χ0n) is 16.6. The smallest absolute Gasteiger partial charge is 0.326 e. The number of esters is 1. The number of ether oxygens (including phenoxy) is 2. The minimum Gasteiger partial charge on any atom is -0.484 e. The Bertz CT molecular complexity index is 883. The van der Waals surface area contributed by atoms with E-state index in [0.717, 1.165) is 0 Å². The van der Waals surface area contributed by atoms with Gasteiger partial charge in [-0.3, -0.25) is 19.2 Å². The summed E-state index contributed by atoms with van der Waals surface area (Å²) in [6.45, 7) is 2.17. The topological polar surface area (TPSA) is 123 Å². The molecule has 0 aliphatic rings. The van der Waals surface area contributed by atoms with Gasteiger partial charge < -0.3 is 25.4 Å². The van der Waals surface area contributed by atoms with Crippen molar-refractivity contribution >= 4 is 35.1 Å². The molecule has 0 radical (unpaired) electrons. The van der Waals surface area contributed by atoms with Gasteiger partial charge >= 0.3 is 5.97 Å². The van der Waals surface area contributed by atoms with E-state index in [0.29, 0.717) is 17.1 Å². The van der Waals surface area contributed by atoms with Crippen LogP contribution in [0.2, 0.25) is 0 Å². The van der Waals surface area contributed by atoms with Crippen LogP contribution in [0.1, 0.15) is 13.8 Å². The first kappa shape index (κ1) is 22.4. The third-order valence-corrected chi connectivity index (χ3v) is 3.69. The number of carbonyl (C=O) groups is 4.